The van der Waals surface area contributed by atoms with E-state index in [1.165, 1.54) is 0 Å². The van der Waals surface area contributed by atoms with E-state index in [0.717, 1.165) is 10.0 Å². The van der Waals surface area contributed by atoms with E-state index < -0.39 is 5.97 Å². The predicted molar refractivity (Wildman–Crippen MR) is 92.5 cm³/mol. The maximum Gasteiger partial charge on any atom is 0.306 e. The minimum atomic E-state index is -0.734. The molecule has 1 saturated heterocycles. The summed E-state index contributed by atoms with van der Waals surface area (Å²) in [6, 6.07) is 7.98. The number of aliphatic carboxylic acids is 1. The normalized spacial score (nSPS) is 27.7. The number of amides is 1. The van der Waals surface area contributed by atoms with Crippen LogP contribution in [0.1, 0.15) is 37.4 Å². The summed E-state index contributed by atoms with van der Waals surface area (Å²) in [5, 5.41) is 9.08. The van der Waals surface area contributed by atoms with Gasteiger partial charge in [0.25, 0.3) is 0 Å². The number of carboxylic acid groups (broad SMARTS) is 1. The Morgan fingerprint density at radius 3 is 2.54 bits per heavy atom. The summed E-state index contributed by atoms with van der Waals surface area (Å²) in [4.78, 5) is 25.7. The van der Waals surface area contributed by atoms with Gasteiger partial charge in [-0.3, -0.25) is 9.59 Å². The number of hydrogen-bond acceptors (Lipinski definition) is 3. The van der Waals surface area contributed by atoms with Gasteiger partial charge in [0.15, 0.2) is 0 Å². The molecule has 2 aliphatic rings. The molecule has 0 aromatic heterocycles. The summed E-state index contributed by atoms with van der Waals surface area (Å²) in [6.07, 6.45) is 2.45. The first kappa shape index (κ1) is 17.4. The molecule has 0 bridgehead atoms. The van der Waals surface area contributed by atoms with E-state index in [1.807, 2.05) is 29.2 Å². The second-order valence-corrected chi connectivity index (χ2v) is 7.50. The van der Waals surface area contributed by atoms with E-state index >= 15 is 0 Å². The number of rotatable bonds is 3. The molecule has 0 spiro atoms. The molecule has 1 aromatic rings. The molecule has 1 aliphatic carbocycles. The zero-order valence-electron chi connectivity index (χ0n) is 13.5. The lowest BCUT2D eigenvalue weighted by atomic mass is 9.81. The van der Waals surface area contributed by atoms with Crippen molar-refractivity contribution in [1.82, 2.24) is 4.90 Å². The topological polar surface area (TPSA) is 66.8 Å². The Labute approximate surface area is 150 Å². The van der Waals surface area contributed by atoms with E-state index in [0.29, 0.717) is 45.4 Å². The maximum atomic E-state index is 12.8. The zero-order chi connectivity index (χ0) is 17.1. The molecule has 24 heavy (non-hydrogen) atoms. The van der Waals surface area contributed by atoms with Gasteiger partial charge in [0, 0.05) is 16.9 Å². The van der Waals surface area contributed by atoms with Gasteiger partial charge < -0.3 is 14.7 Å². The molecule has 1 unspecified atom stereocenters. The fourth-order valence-corrected chi connectivity index (χ4v) is 4.02. The fourth-order valence-electron chi connectivity index (χ4n) is 3.60. The van der Waals surface area contributed by atoms with Crippen molar-refractivity contribution in [3.05, 3.63) is 34.3 Å². The molecule has 1 atom stereocenters. The third-order valence-electron chi connectivity index (χ3n) is 5.02. The Morgan fingerprint density at radius 2 is 1.88 bits per heavy atom. The predicted octanol–water partition coefficient (Wildman–Crippen LogP) is 3.24. The highest BCUT2D eigenvalue weighted by molar-refractivity contribution is 9.10. The fraction of sp³-hybridized carbons (Fsp3) is 0.556. The van der Waals surface area contributed by atoms with Crippen molar-refractivity contribution in [2.45, 2.75) is 31.8 Å². The minimum Gasteiger partial charge on any atom is -0.481 e. The highest BCUT2D eigenvalue weighted by Crippen LogP contribution is 2.32. The van der Waals surface area contributed by atoms with Crippen molar-refractivity contribution in [1.29, 1.82) is 0 Å². The summed E-state index contributed by atoms with van der Waals surface area (Å²) < 4.78 is 6.84. The van der Waals surface area contributed by atoms with Crippen LogP contribution in [-0.4, -0.2) is 41.6 Å². The van der Waals surface area contributed by atoms with E-state index in [1.54, 1.807) is 0 Å². The lowest BCUT2D eigenvalue weighted by molar-refractivity contribution is -0.148. The van der Waals surface area contributed by atoms with E-state index in [2.05, 4.69) is 15.9 Å². The first-order valence-corrected chi connectivity index (χ1v) is 9.22. The Balaban J connectivity index is 1.60. The quantitative estimate of drug-likeness (QED) is 0.852. The average Bonchev–Trinajstić information content (AvgIpc) is 2.61. The molecular formula is C18H22BrNO4. The molecule has 5 nitrogen and oxygen atoms in total. The monoisotopic (exact) mass is 395 g/mol. The molecule has 0 radical (unpaired) electrons. The molecule has 6 heteroatoms. The third-order valence-corrected chi connectivity index (χ3v) is 5.52. The molecular weight excluding hydrogens is 374 g/mol. The summed E-state index contributed by atoms with van der Waals surface area (Å²) in [7, 11) is 0. The van der Waals surface area contributed by atoms with Crippen LogP contribution in [0.2, 0.25) is 0 Å². The van der Waals surface area contributed by atoms with Crippen molar-refractivity contribution in [3.8, 4) is 0 Å². The highest BCUT2D eigenvalue weighted by Gasteiger charge is 2.34. The number of carboxylic acids is 1. The second kappa shape index (κ2) is 7.66. The van der Waals surface area contributed by atoms with Gasteiger partial charge >= 0.3 is 5.97 Å². The number of carbonyl (C=O) groups is 2. The van der Waals surface area contributed by atoms with Gasteiger partial charge in [0.05, 0.1) is 19.1 Å². The van der Waals surface area contributed by atoms with Crippen molar-refractivity contribution < 1.29 is 19.4 Å². The zero-order valence-corrected chi connectivity index (χ0v) is 15.1. The van der Waals surface area contributed by atoms with Crippen LogP contribution in [-0.2, 0) is 14.3 Å². The van der Waals surface area contributed by atoms with Gasteiger partial charge in [0.2, 0.25) is 5.91 Å². The average molecular weight is 396 g/mol. The second-order valence-electron chi connectivity index (χ2n) is 6.59. The lowest BCUT2D eigenvalue weighted by Gasteiger charge is -2.36. The first-order valence-electron chi connectivity index (χ1n) is 8.43. The van der Waals surface area contributed by atoms with Crippen LogP contribution in [0.4, 0.5) is 0 Å². The molecule has 1 saturated carbocycles. The first-order chi connectivity index (χ1) is 11.5. The summed E-state index contributed by atoms with van der Waals surface area (Å²) in [6.45, 7) is 1.71. The Bertz CT molecular complexity index is 613. The summed E-state index contributed by atoms with van der Waals surface area (Å²) in [5.74, 6) is -0.904. The van der Waals surface area contributed by atoms with Crippen LogP contribution >= 0.6 is 15.9 Å². The Morgan fingerprint density at radius 1 is 1.17 bits per heavy atom. The van der Waals surface area contributed by atoms with Gasteiger partial charge in [-0.1, -0.05) is 28.1 Å². The van der Waals surface area contributed by atoms with Crippen LogP contribution in [0.3, 0.4) is 0 Å². The van der Waals surface area contributed by atoms with Gasteiger partial charge in [-0.2, -0.15) is 0 Å². The number of nitrogens with zero attached hydrogens (tertiary/aromatic N) is 1. The maximum absolute atomic E-state index is 12.8. The molecule has 3 rings (SSSR count). The van der Waals surface area contributed by atoms with Gasteiger partial charge in [-0.15, -0.1) is 0 Å². The van der Waals surface area contributed by atoms with Crippen molar-refractivity contribution in [2.24, 2.45) is 11.8 Å². The number of carbonyl (C=O) groups excluding carboxylic acids is 1. The van der Waals surface area contributed by atoms with Crippen molar-refractivity contribution >= 4 is 27.8 Å². The molecule has 1 aromatic carbocycles. The molecule has 1 aliphatic heterocycles. The van der Waals surface area contributed by atoms with Crippen LogP contribution in [0, 0.1) is 11.8 Å². The van der Waals surface area contributed by atoms with Gasteiger partial charge in [-0.25, -0.2) is 0 Å². The summed E-state index contributed by atoms with van der Waals surface area (Å²) in [5.41, 5.74) is 1.07. The van der Waals surface area contributed by atoms with Crippen LogP contribution in [0.5, 0.6) is 0 Å². The minimum absolute atomic E-state index is 0.0399. The molecule has 2 fully saturated rings. The van der Waals surface area contributed by atoms with E-state index in [4.69, 9.17) is 9.84 Å². The lowest BCUT2D eigenvalue weighted by Crippen LogP contribution is -2.45. The van der Waals surface area contributed by atoms with Gasteiger partial charge in [-0.05, 0) is 43.4 Å². The number of ether oxygens (including phenoxy) is 1. The molecule has 130 valence electrons. The Kier molecular flexibility index (Phi) is 5.56. The molecule has 1 amide bonds. The number of morpholine rings is 1. The third kappa shape index (κ3) is 3.98. The molecule has 1 heterocycles. The largest absolute Gasteiger partial charge is 0.481 e. The van der Waals surface area contributed by atoms with Crippen LogP contribution < -0.4 is 0 Å². The number of benzene rings is 1. The van der Waals surface area contributed by atoms with Crippen molar-refractivity contribution in [2.75, 3.05) is 19.7 Å². The van der Waals surface area contributed by atoms with E-state index in [-0.39, 0.29) is 23.8 Å². The summed E-state index contributed by atoms with van der Waals surface area (Å²) >= 11 is 3.47. The number of hydrogen-bond donors (Lipinski definition) is 1. The van der Waals surface area contributed by atoms with Crippen molar-refractivity contribution in [3.63, 3.8) is 0 Å². The SMILES string of the molecule is O=C(O)C1CCC(C(=O)N2CCOC(c3cccc(Br)c3)C2)CC1. The standard InChI is InChI=1S/C18H22BrNO4/c19-15-3-1-2-14(10-15)16-11-20(8-9-24-16)17(21)12-4-6-13(7-5-12)18(22)23/h1-3,10,12-13,16H,4-9,11H2,(H,22,23). The van der Waals surface area contributed by atoms with Crippen LogP contribution in [0.25, 0.3) is 0 Å². The van der Waals surface area contributed by atoms with Gasteiger partial charge in [0.1, 0.15) is 6.10 Å². The smallest absolute Gasteiger partial charge is 0.306 e. The van der Waals surface area contributed by atoms with E-state index in [9.17, 15) is 9.59 Å². The molecule has 1 N–H and O–H groups in total. The number of halogens is 1. The Hall–Kier alpha value is -1.40. The van der Waals surface area contributed by atoms with Crippen LogP contribution in [0.15, 0.2) is 28.7 Å². The highest BCUT2D eigenvalue weighted by atomic mass is 79.9.